The van der Waals surface area contributed by atoms with Crippen molar-refractivity contribution in [3.05, 3.63) is 79.5 Å². The first-order valence-electron chi connectivity index (χ1n) is 10.3. The highest BCUT2D eigenvalue weighted by atomic mass is 35.5. The third-order valence-corrected chi connectivity index (χ3v) is 6.48. The number of ketones is 1. The molecule has 0 fully saturated rings. The van der Waals surface area contributed by atoms with Gasteiger partial charge in [0.2, 0.25) is 5.95 Å². The van der Waals surface area contributed by atoms with E-state index < -0.39 is 11.0 Å². The lowest BCUT2D eigenvalue weighted by Gasteiger charge is -2.38. The molecule has 2 heterocycles. The molecule has 1 unspecified atom stereocenters. The fraction of sp³-hybridized carbons (Fsp3) is 0.261. The minimum absolute atomic E-state index is 0.0656. The van der Waals surface area contributed by atoms with Gasteiger partial charge in [0.1, 0.15) is 6.04 Å². The summed E-state index contributed by atoms with van der Waals surface area (Å²) >= 11 is 12.4. The maximum atomic E-state index is 13.3. The SMILES string of the molecule is CC1(C)CC(=O)C2=C(C1)Nc1nc(-c3ccc(Cl)cc3Cl)nn1C2c1ccccc1[N+](=O)[O-]. The Morgan fingerprint density at radius 2 is 1.94 bits per heavy atom. The van der Waals surface area contributed by atoms with E-state index in [0.29, 0.717) is 57.1 Å². The topological polar surface area (TPSA) is 103 Å². The summed E-state index contributed by atoms with van der Waals surface area (Å²) in [4.78, 5) is 29.3. The molecule has 0 saturated carbocycles. The van der Waals surface area contributed by atoms with Gasteiger partial charge in [0.25, 0.3) is 5.69 Å². The first kappa shape index (κ1) is 21.6. The number of nitro benzene ring substituents is 1. The minimum Gasteiger partial charge on any atom is -0.328 e. The van der Waals surface area contributed by atoms with E-state index in [0.717, 1.165) is 0 Å². The number of hydrogen-bond donors (Lipinski definition) is 1. The molecule has 0 bridgehead atoms. The van der Waals surface area contributed by atoms with Gasteiger partial charge >= 0.3 is 0 Å². The molecule has 8 nitrogen and oxygen atoms in total. The molecule has 1 aliphatic heterocycles. The molecule has 1 aromatic heterocycles. The summed E-state index contributed by atoms with van der Waals surface area (Å²) < 4.78 is 1.54. The number of aromatic nitrogens is 3. The summed E-state index contributed by atoms with van der Waals surface area (Å²) in [6.07, 6.45) is 0.944. The second-order valence-corrected chi connectivity index (χ2v) is 9.85. The Morgan fingerprint density at radius 1 is 1.18 bits per heavy atom. The van der Waals surface area contributed by atoms with Gasteiger partial charge in [0.15, 0.2) is 11.6 Å². The molecule has 0 saturated heterocycles. The minimum atomic E-state index is -0.784. The average molecular weight is 484 g/mol. The highest BCUT2D eigenvalue weighted by molar-refractivity contribution is 6.36. The van der Waals surface area contributed by atoms with Crippen LogP contribution in [0.5, 0.6) is 0 Å². The van der Waals surface area contributed by atoms with E-state index in [1.807, 2.05) is 13.8 Å². The standard InChI is InChI=1S/C23H19Cl2N5O3/c1-23(2)10-16-19(18(31)11-23)20(14-5-3-4-6-17(14)30(32)33)29-22(26-16)27-21(28-29)13-8-7-12(24)9-15(13)25/h3-9,20H,10-11H2,1-2H3,(H,26,27,28). The van der Waals surface area contributed by atoms with Crippen molar-refractivity contribution in [1.29, 1.82) is 0 Å². The Hall–Kier alpha value is -3.23. The van der Waals surface area contributed by atoms with Crippen molar-refractivity contribution in [3.8, 4) is 11.4 Å². The van der Waals surface area contributed by atoms with Crippen molar-refractivity contribution < 1.29 is 9.72 Å². The van der Waals surface area contributed by atoms with E-state index in [-0.39, 0.29) is 16.9 Å². The maximum Gasteiger partial charge on any atom is 0.275 e. The molecule has 3 aromatic rings. The molecule has 168 valence electrons. The number of carbonyl (C=O) groups is 1. The number of benzene rings is 2. The number of nitrogens with one attached hydrogen (secondary N) is 1. The number of para-hydroxylation sites is 1. The van der Waals surface area contributed by atoms with Crippen LogP contribution in [-0.4, -0.2) is 25.5 Å². The monoisotopic (exact) mass is 483 g/mol. The number of carbonyl (C=O) groups excluding carboxylic acids is 1. The fourth-order valence-corrected chi connectivity index (χ4v) is 5.06. The van der Waals surface area contributed by atoms with Crippen LogP contribution in [-0.2, 0) is 4.79 Å². The van der Waals surface area contributed by atoms with Crippen molar-refractivity contribution >= 4 is 40.6 Å². The molecular weight excluding hydrogens is 465 g/mol. The zero-order chi connectivity index (χ0) is 23.5. The molecule has 1 N–H and O–H groups in total. The number of nitro groups is 1. The summed E-state index contributed by atoms with van der Waals surface area (Å²) in [5.74, 6) is 0.654. The molecule has 10 heteroatoms. The maximum absolute atomic E-state index is 13.3. The quantitative estimate of drug-likeness (QED) is 0.371. The van der Waals surface area contributed by atoms with Crippen molar-refractivity contribution in [1.82, 2.24) is 14.8 Å². The van der Waals surface area contributed by atoms with Crippen LogP contribution in [0.15, 0.2) is 53.7 Å². The van der Waals surface area contributed by atoms with E-state index in [1.165, 1.54) is 10.7 Å². The number of rotatable bonds is 3. The van der Waals surface area contributed by atoms with Crippen LogP contribution >= 0.6 is 23.2 Å². The molecule has 0 radical (unpaired) electrons. The van der Waals surface area contributed by atoms with E-state index in [1.54, 1.807) is 36.4 Å². The van der Waals surface area contributed by atoms with Crippen LogP contribution in [0.3, 0.4) is 0 Å². The Morgan fingerprint density at radius 3 is 2.67 bits per heavy atom. The van der Waals surface area contributed by atoms with Gasteiger partial charge in [-0.25, -0.2) is 4.68 Å². The third kappa shape index (κ3) is 3.69. The molecule has 1 aliphatic carbocycles. The summed E-state index contributed by atoms with van der Waals surface area (Å²) in [5.41, 5.74) is 1.81. The fourth-order valence-electron chi connectivity index (χ4n) is 4.57. The molecule has 2 aromatic carbocycles. The van der Waals surface area contributed by atoms with E-state index in [2.05, 4.69) is 15.4 Å². The van der Waals surface area contributed by atoms with Gasteiger partial charge in [-0.15, -0.1) is 5.10 Å². The molecule has 0 spiro atoms. The summed E-state index contributed by atoms with van der Waals surface area (Å²) in [6, 6.07) is 10.6. The van der Waals surface area contributed by atoms with Crippen LogP contribution in [0.2, 0.25) is 10.0 Å². The zero-order valence-electron chi connectivity index (χ0n) is 17.8. The molecular formula is C23H19Cl2N5O3. The molecule has 33 heavy (non-hydrogen) atoms. The van der Waals surface area contributed by atoms with Gasteiger partial charge in [0.05, 0.1) is 15.5 Å². The smallest absolute Gasteiger partial charge is 0.275 e. The predicted molar refractivity (Wildman–Crippen MR) is 125 cm³/mol. The van der Waals surface area contributed by atoms with Crippen LogP contribution < -0.4 is 5.32 Å². The molecule has 2 aliphatic rings. The normalized spacial score (nSPS) is 19.0. The van der Waals surface area contributed by atoms with Crippen molar-refractivity contribution in [2.24, 2.45) is 5.41 Å². The third-order valence-electron chi connectivity index (χ3n) is 5.93. The highest BCUT2D eigenvalue weighted by Gasteiger charge is 2.43. The number of anilines is 1. The van der Waals surface area contributed by atoms with E-state index in [9.17, 15) is 14.9 Å². The molecule has 5 rings (SSSR count). The Bertz CT molecular complexity index is 1360. The van der Waals surface area contributed by atoms with Gasteiger partial charge in [-0.3, -0.25) is 14.9 Å². The number of hydrogen-bond acceptors (Lipinski definition) is 6. The second-order valence-electron chi connectivity index (χ2n) is 9.00. The molecule has 1 atom stereocenters. The highest BCUT2D eigenvalue weighted by Crippen LogP contribution is 2.47. The van der Waals surface area contributed by atoms with Crippen LogP contribution in [0.1, 0.15) is 38.3 Å². The summed E-state index contributed by atoms with van der Waals surface area (Å²) in [6.45, 7) is 4.04. The van der Waals surface area contributed by atoms with Crippen molar-refractivity contribution in [2.45, 2.75) is 32.7 Å². The Labute approximate surface area is 199 Å². The number of allylic oxidation sites excluding steroid dienone is 2. The lowest BCUT2D eigenvalue weighted by atomic mass is 9.73. The van der Waals surface area contributed by atoms with Gasteiger partial charge in [-0.1, -0.05) is 49.2 Å². The summed E-state index contributed by atoms with van der Waals surface area (Å²) in [5, 5.41) is 20.6. The van der Waals surface area contributed by atoms with E-state index >= 15 is 0 Å². The zero-order valence-corrected chi connectivity index (χ0v) is 19.3. The first-order valence-corrected chi connectivity index (χ1v) is 11.1. The second kappa shape index (κ2) is 7.67. The average Bonchev–Trinajstić information content (AvgIpc) is 3.14. The van der Waals surface area contributed by atoms with Crippen LogP contribution in [0.4, 0.5) is 11.6 Å². The van der Waals surface area contributed by atoms with E-state index in [4.69, 9.17) is 23.2 Å². The van der Waals surface area contributed by atoms with Crippen molar-refractivity contribution in [3.63, 3.8) is 0 Å². The van der Waals surface area contributed by atoms with Gasteiger partial charge in [-0.05, 0) is 36.1 Å². The van der Waals surface area contributed by atoms with Crippen molar-refractivity contribution in [2.75, 3.05) is 5.32 Å². The molecule has 0 amide bonds. The first-order chi connectivity index (χ1) is 15.6. The number of halogens is 2. The Balaban J connectivity index is 1.74. The summed E-state index contributed by atoms with van der Waals surface area (Å²) in [7, 11) is 0. The van der Waals surface area contributed by atoms with Crippen LogP contribution in [0, 0.1) is 15.5 Å². The lowest BCUT2D eigenvalue weighted by molar-refractivity contribution is -0.385. The largest absolute Gasteiger partial charge is 0.328 e. The van der Waals surface area contributed by atoms with Gasteiger partial charge < -0.3 is 5.32 Å². The number of nitrogens with zero attached hydrogens (tertiary/aromatic N) is 4. The lowest BCUT2D eigenvalue weighted by Crippen LogP contribution is -2.36. The van der Waals surface area contributed by atoms with Crippen LogP contribution in [0.25, 0.3) is 11.4 Å². The van der Waals surface area contributed by atoms with Gasteiger partial charge in [0, 0.05) is 34.3 Å². The number of fused-ring (bicyclic) bond motifs is 1. The Kier molecular flexibility index (Phi) is 5.02. The predicted octanol–water partition coefficient (Wildman–Crippen LogP) is 5.82. The number of Topliss-reactive ketones (excluding diaryl/α,β-unsaturated/α-hetero) is 1. The van der Waals surface area contributed by atoms with Gasteiger partial charge in [-0.2, -0.15) is 4.98 Å².